The molecular formula is C16H19BrN2O4. The second kappa shape index (κ2) is 6.70. The normalized spacial score (nSPS) is 16.2. The van der Waals surface area contributed by atoms with Crippen LogP contribution in [0.5, 0.6) is 0 Å². The van der Waals surface area contributed by atoms with Crippen LogP contribution in [0.15, 0.2) is 22.7 Å². The highest BCUT2D eigenvalue weighted by Gasteiger charge is 2.38. The smallest absolute Gasteiger partial charge is 0.325 e. The van der Waals surface area contributed by atoms with E-state index in [2.05, 4.69) is 21.2 Å². The Morgan fingerprint density at radius 3 is 2.52 bits per heavy atom. The summed E-state index contributed by atoms with van der Waals surface area (Å²) < 4.78 is 0.802. The van der Waals surface area contributed by atoms with Crippen molar-refractivity contribution in [3.8, 4) is 0 Å². The van der Waals surface area contributed by atoms with E-state index in [0.29, 0.717) is 12.1 Å². The van der Waals surface area contributed by atoms with E-state index in [1.807, 2.05) is 26.0 Å². The van der Waals surface area contributed by atoms with Crippen molar-refractivity contribution in [1.29, 1.82) is 0 Å². The van der Waals surface area contributed by atoms with E-state index in [1.165, 1.54) is 11.8 Å². The zero-order valence-corrected chi connectivity index (χ0v) is 14.8. The molecule has 0 fully saturated rings. The number of hydrogen-bond donors (Lipinski definition) is 2. The molecule has 0 unspecified atom stereocenters. The van der Waals surface area contributed by atoms with Gasteiger partial charge in [0.15, 0.2) is 0 Å². The number of benzene rings is 1. The van der Waals surface area contributed by atoms with Gasteiger partial charge < -0.3 is 15.3 Å². The van der Waals surface area contributed by atoms with Crippen LogP contribution in [0.4, 0.5) is 0 Å². The maximum atomic E-state index is 12.6. The van der Waals surface area contributed by atoms with Crippen LogP contribution < -0.4 is 5.32 Å². The van der Waals surface area contributed by atoms with Gasteiger partial charge in [-0.2, -0.15) is 0 Å². The maximum absolute atomic E-state index is 12.6. The van der Waals surface area contributed by atoms with Gasteiger partial charge >= 0.3 is 5.97 Å². The first-order valence-corrected chi connectivity index (χ1v) is 8.14. The lowest BCUT2D eigenvalue weighted by Crippen LogP contribution is -2.53. The second-order valence-electron chi connectivity index (χ2n) is 5.99. The molecule has 7 heteroatoms. The summed E-state index contributed by atoms with van der Waals surface area (Å²) in [6.07, 6.45) is 0. The Bertz CT molecular complexity index is 659. The van der Waals surface area contributed by atoms with Crippen molar-refractivity contribution in [1.82, 2.24) is 10.2 Å². The topological polar surface area (TPSA) is 86.7 Å². The molecule has 2 amide bonds. The SMILES string of the molecule is CC(C)[C@@H](C(=O)N[C@@H](C)C(=O)O)N1Cc2ccc(Br)cc2C1=O. The fourth-order valence-electron chi connectivity index (χ4n) is 2.69. The third-order valence-corrected chi connectivity index (χ3v) is 4.36. The molecule has 0 aliphatic carbocycles. The van der Waals surface area contributed by atoms with Crippen LogP contribution in [-0.4, -0.2) is 39.9 Å². The van der Waals surface area contributed by atoms with Gasteiger partial charge in [-0.05, 0) is 30.5 Å². The summed E-state index contributed by atoms with van der Waals surface area (Å²) in [6, 6.07) is 3.74. The maximum Gasteiger partial charge on any atom is 0.325 e. The summed E-state index contributed by atoms with van der Waals surface area (Å²) in [5.41, 5.74) is 1.44. The highest BCUT2D eigenvalue weighted by atomic mass is 79.9. The van der Waals surface area contributed by atoms with Crippen molar-refractivity contribution in [3.63, 3.8) is 0 Å². The number of amides is 2. The number of carboxylic acid groups (broad SMARTS) is 1. The van der Waals surface area contributed by atoms with Crippen molar-refractivity contribution in [3.05, 3.63) is 33.8 Å². The number of halogens is 1. The van der Waals surface area contributed by atoms with Crippen LogP contribution in [0.25, 0.3) is 0 Å². The molecule has 0 spiro atoms. The Balaban J connectivity index is 2.25. The molecule has 2 N–H and O–H groups in total. The number of carbonyl (C=O) groups is 3. The number of nitrogens with one attached hydrogen (secondary N) is 1. The molecule has 6 nitrogen and oxygen atoms in total. The fraction of sp³-hybridized carbons (Fsp3) is 0.438. The molecule has 23 heavy (non-hydrogen) atoms. The summed E-state index contributed by atoms with van der Waals surface area (Å²) in [5, 5.41) is 11.4. The van der Waals surface area contributed by atoms with Crippen LogP contribution in [0.1, 0.15) is 36.7 Å². The highest BCUT2D eigenvalue weighted by Crippen LogP contribution is 2.29. The first-order valence-electron chi connectivity index (χ1n) is 7.35. The lowest BCUT2D eigenvalue weighted by Gasteiger charge is -2.30. The molecule has 1 aromatic carbocycles. The van der Waals surface area contributed by atoms with Gasteiger partial charge in [-0.1, -0.05) is 35.8 Å². The molecule has 2 atom stereocenters. The average molecular weight is 383 g/mol. The van der Waals surface area contributed by atoms with E-state index in [9.17, 15) is 14.4 Å². The summed E-state index contributed by atoms with van der Waals surface area (Å²) in [6.45, 7) is 5.41. The minimum atomic E-state index is -1.11. The van der Waals surface area contributed by atoms with Crippen LogP contribution in [0, 0.1) is 5.92 Å². The molecule has 0 radical (unpaired) electrons. The van der Waals surface area contributed by atoms with E-state index < -0.39 is 24.0 Å². The van der Waals surface area contributed by atoms with E-state index in [-0.39, 0.29) is 11.8 Å². The number of fused-ring (bicyclic) bond motifs is 1. The van der Waals surface area contributed by atoms with Crippen molar-refractivity contribution < 1.29 is 19.5 Å². The van der Waals surface area contributed by atoms with Crippen LogP contribution in [0.2, 0.25) is 0 Å². The van der Waals surface area contributed by atoms with Crippen LogP contribution in [0.3, 0.4) is 0 Å². The van der Waals surface area contributed by atoms with Gasteiger partial charge in [0.2, 0.25) is 5.91 Å². The Hall–Kier alpha value is -1.89. The van der Waals surface area contributed by atoms with Gasteiger partial charge in [0.1, 0.15) is 12.1 Å². The van der Waals surface area contributed by atoms with E-state index in [1.54, 1.807) is 6.07 Å². The molecule has 1 heterocycles. The fourth-order valence-corrected chi connectivity index (χ4v) is 3.05. The monoisotopic (exact) mass is 382 g/mol. The zero-order chi connectivity index (χ0) is 17.3. The standard InChI is InChI=1S/C16H19BrN2O4/c1-8(2)13(14(20)18-9(3)16(22)23)19-7-10-4-5-11(17)6-12(10)15(19)21/h4-6,8-9,13H,7H2,1-3H3,(H,18,20)(H,22,23)/t9-,13-/m0/s1. The van der Waals surface area contributed by atoms with Crippen LogP contribution >= 0.6 is 15.9 Å². The molecule has 124 valence electrons. The molecular weight excluding hydrogens is 364 g/mol. The molecule has 0 saturated heterocycles. The quantitative estimate of drug-likeness (QED) is 0.815. The van der Waals surface area contributed by atoms with Gasteiger partial charge in [-0.15, -0.1) is 0 Å². The third-order valence-electron chi connectivity index (χ3n) is 3.87. The highest BCUT2D eigenvalue weighted by molar-refractivity contribution is 9.10. The minimum Gasteiger partial charge on any atom is -0.480 e. The molecule has 1 aliphatic heterocycles. The van der Waals surface area contributed by atoms with Crippen molar-refractivity contribution >= 4 is 33.7 Å². The Morgan fingerprint density at radius 2 is 1.96 bits per heavy atom. The van der Waals surface area contributed by atoms with Crippen LogP contribution in [-0.2, 0) is 16.1 Å². The van der Waals surface area contributed by atoms with Gasteiger partial charge in [0, 0.05) is 16.6 Å². The number of hydrogen-bond acceptors (Lipinski definition) is 3. The molecule has 1 aromatic rings. The number of carbonyl (C=O) groups excluding carboxylic acids is 2. The lowest BCUT2D eigenvalue weighted by atomic mass is 10.0. The Morgan fingerprint density at radius 1 is 1.30 bits per heavy atom. The summed E-state index contributed by atoms with van der Waals surface area (Å²) in [4.78, 5) is 37.5. The molecule has 0 bridgehead atoms. The summed E-state index contributed by atoms with van der Waals surface area (Å²) >= 11 is 3.34. The summed E-state index contributed by atoms with van der Waals surface area (Å²) in [7, 11) is 0. The Labute approximate surface area is 143 Å². The third kappa shape index (κ3) is 3.55. The number of carboxylic acids is 1. The first-order chi connectivity index (χ1) is 10.7. The van der Waals surface area contributed by atoms with Crippen molar-refractivity contribution in [2.24, 2.45) is 5.92 Å². The predicted octanol–water partition coefficient (Wildman–Crippen LogP) is 2.02. The average Bonchev–Trinajstić information content (AvgIpc) is 2.75. The molecule has 2 rings (SSSR count). The lowest BCUT2D eigenvalue weighted by molar-refractivity contribution is -0.142. The van der Waals surface area contributed by atoms with Gasteiger partial charge in [-0.3, -0.25) is 14.4 Å². The molecule has 0 aromatic heterocycles. The van der Waals surface area contributed by atoms with Crippen molar-refractivity contribution in [2.75, 3.05) is 0 Å². The van der Waals surface area contributed by atoms with Gasteiger partial charge in [-0.25, -0.2) is 0 Å². The largest absolute Gasteiger partial charge is 0.480 e. The molecule has 0 saturated carbocycles. The number of aliphatic carboxylic acids is 1. The Kier molecular flexibility index (Phi) is 5.09. The number of nitrogens with zero attached hydrogens (tertiary/aromatic N) is 1. The van der Waals surface area contributed by atoms with E-state index in [4.69, 9.17) is 5.11 Å². The first kappa shape index (κ1) is 17.5. The van der Waals surface area contributed by atoms with E-state index in [0.717, 1.165) is 10.0 Å². The predicted molar refractivity (Wildman–Crippen MR) is 87.9 cm³/mol. The summed E-state index contributed by atoms with van der Waals surface area (Å²) in [5.74, 6) is -1.91. The van der Waals surface area contributed by atoms with E-state index >= 15 is 0 Å². The van der Waals surface area contributed by atoms with Gasteiger partial charge in [0.25, 0.3) is 5.91 Å². The minimum absolute atomic E-state index is 0.141. The van der Waals surface area contributed by atoms with Gasteiger partial charge in [0.05, 0.1) is 0 Å². The number of rotatable bonds is 5. The zero-order valence-electron chi connectivity index (χ0n) is 13.2. The second-order valence-corrected chi connectivity index (χ2v) is 6.91. The molecule has 1 aliphatic rings. The van der Waals surface area contributed by atoms with Crippen molar-refractivity contribution in [2.45, 2.75) is 39.4 Å².